The van der Waals surface area contributed by atoms with E-state index in [0.717, 1.165) is 25.4 Å². The van der Waals surface area contributed by atoms with E-state index < -0.39 is 0 Å². The lowest BCUT2D eigenvalue weighted by Gasteiger charge is -2.34. The van der Waals surface area contributed by atoms with Gasteiger partial charge in [0.15, 0.2) is 0 Å². The van der Waals surface area contributed by atoms with Gasteiger partial charge in [0, 0.05) is 38.9 Å². The fourth-order valence-corrected chi connectivity index (χ4v) is 2.97. The molecular weight excluding hydrogens is 322 g/mol. The van der Waals surface area contributed by atoms with Crippen molar-refractivity contribution in [1.82, 2.24) is 14.8 Å². The van der Waals surface area contributed by atoms with Crippen LogP contribution in [0, 0.1) is 4.64 Å². The summed E-state index contributed by atoms with van der Waals surface area (Å²) in [6, 6.07) is 13.4. The SMILES string of the molecule is O=C(c1ccc[nH]c1=S)N1CCN(CCOc2ccccc2)CC1. The van der Waals surface area contributed by atoms with Crippen molar-refractivity contribution in [3.05, 3.63) is 58.9 Å². The third-order valence-electron chi connectivity index (χ3n) is 4.13. The van der Waals surface area contributed by atoms with E-state index in [1.54, 1.807) is 18.3 Å². The Morgan fingerprint density at radius 2 is 1.83 bits per heavy atom. The molecule has 0 saturated carbocycles. The van der Waals surface area contributed by atoms with E-state index in [4.69, 9.17) is 17.0 Å². The smallest absolute Gasteiger partial charge is 0.256 e. The molecule has 2 aromatic rings. The molecule has 1 aliphatic heterocycles. The maximum absolute atomic E-state index is 12.5. The summed E-state index contributed by atoms with van der Waals surface area (Å²) < 4.78 is 6.23. The molecule has 0 radical (unpaired) electrons. The van der Waals surface area contributed by atoms with E-state index in [-0.39, 0.29) is 5.91 Å². The molecule has 1 aromatic heterocycles. The molecule has 1 aromatic carbocycles. The van der Waals surface area contributed by atoms with Crippen molar-refractivity contribution >= 4 is 18.1 Å². The second-order valence-electron chi connectivity index (χ2n) is 5.71. The Kier molecular flexibility index (Phi) is 5.61. The maximum atomic E-state index is 12.5. The van der Waals surface area contributed by atoms with E-state index in [1.165, 1.54) is 0 Å². The highest BCUT2D eigenvalue weighted by molar-refractivity contribution is 7.71. The molecule has 2 heterocycles. The Labute approximate surface area is 146 Å². The normalized spacial score (nSPS) is 15.2. The molecule has 6 heteroatoms. The summed E-state index contributed by atoms with van der Waals surface area (Å²) in [7, 11) is 0. The van der Waals surface area contributed by atoms with Gasteiger partial charge < -0.3 is 14.6 Å². The quantitative estimate of drug-likeness (QED) is 0.848. The van der Waals surface area contributed by atoms with Gasteiger partial charge in [-0.3, -0.25) is 9.69 Å². The molecule has 1 amide bonds. The van der Waals surface area contributed by atoms with Crippen molar-refractivity contribution in [1.29, 1.82) is 0 Å². The summed E-state index contributed by atoms with van der Waals surface area (Å²) in [4.78, 5) is 19.6. The van der Waals surface area contributed by atoms with Gasteiger partial charge in [0.25, 0.3) is 5.91 Å². The van der Waals surface area contributed by atoms with E-state index >= 15 is 0 Å². The predicted molar refractivity (Wildman–Crippen MR) is 95.9 cm³/mol. The number of piperazine rings is 1. The fourth-order valence-electron chi connectivity index (χ4n) is 2.74. The van der Waals surface area contributed by atoms with Gasteiger partial charge in [-0.25, -0.2) is 0 Å². The molecular formula is C18H21N3O2S. The molecule has 0 unspecified atom stereocenters. The first-order chi connectivity index (χ1) is 11.7. The summed E-state index contributed by atoms with van der Waals surface area (Å²) in [6.07, 6.45) is 1.74. The zero-order valence-corrected chi connectivity index (χ0v) is 14.3. The first-order valence-electron chi connectivity index (χ1n) is 8.11. The van der Waals surface area contributed by atoms with E-state index in [9.17, 15) is 4.79 Å². The van der Waals surface area contributed by atoms with Gasteiger partial charge in [-0.2, -0.15) is 0 Å². The Morgan fingerprint density at radius 1 is 1.08 bits per heavy atom. The molecule has 0 atom stereocenters. The molecule has 1 aliphatic rings. The number of aromatic nitrogens is 1. The highest BCUT2D eigenvalue weighted by atomic mass is 32.1. The van der Waals surface area contributed by atoms with Gasteiger partial charge in [-0.05, 0) is 24.3 Å². The summed E-state index contributed by atoms with van der Waals surface area (Å²) in [6.45, 7) is 4.66. The number of nitrogens with one attached hydrogen (secondary N) is 1. The van der Waals surface area contributed by atoms with E-state index in [2.05, 4.69) is 9.88 Å². The molecule has 1 saturated heterocycles. The number of hydrogen-bond donors (Lipinski definition) is 1. The largest absolute Gasteiger partial charge is 0.492 e. The number of nitrogens with zero attached hydrogens (tertiary/aromatic N) is 2. The van der Waals surface area contributed by atoms with Crippen LogP contribution in [0.5, 0.6) is 5.75 Å². The number of benzene rings is 1. The third kappa shape index (κ3) is 4.21. The third-order valence-corrected chi connectivity index (χ3v) is 4.47. The number of ether oxygens (including phenoxy) is 1. The van der Waals surface area contributed by atoms with Gasteiger partial charge in [-0.15, -0.1) is 0 Å². The summed E-state index contributed by atoms with van der Waals surface area (Å²) in [5.41, 5.74) is 0.577. The molecule has 126 valence electrons. The average Bonchev–Trinajstić information content (AvgIpc) is 2.63. The zero-order valence-electron chi connectivity index (χ0n) is 13.5. The number of hydrogen-bond acceptors (Lipinski definition) is 4. The zero-order chi connectivity index (χ0) is 16.8. The van der Waals surface area contributed by atoms with Crippen LogP contribution in [0.3, 0.4) is 0 Å². The first kappa shape index (κ1) is 16.7. The number of carbonyl (C=O) groups excluding carboxylic acids is 1. The Hall–Kier alpha value is -2.18. The van der Waals surface area contributed by atoms with Crippen molar-refractivity contribution in [2.24, 2.45) is 0 Å². The van der Waals surface area contributed by atoms with Crippen molar-refractivity contribution in [3.8, 4) is 5.75 Å². The second kappa shape index (κ2) is 8.08. The average molecular weight is 343 g/mol. The van der Waals surface area contributed by atoms with Crippen molar-refractivity contribution in [2.45, 2.75) is 0 Å². The molecule has 1 N–H and O–H groups in total. The van der Waals surface area contributed by atoms with Gasteiger partial charge in [0.1, 0.15) is 17.0 Å². The van der Waals surface area contributed by atoms with Crippen LogP contribution in [0.25, 0.3) is 0 Å². The Morgan fingerprint density at radius 3 is 2.54 bits per heavy atom. The number of H-pyrrole nitrogens is 1. The van der Waals surface area contributed by atoms with Gasteiger partial charge in [0.2, 0.25) is 0 Å². The maximum Gasteiger partial charge on any atom is 0.256 e. The molecule has 0 bridgehead atoms. The minimum Gasteiger partial charge on any atom is -0.492 e. The fraction of sp³-hybridized carbons (Fsp3) is 0.333. The Bertz CT molecular complexity index is 724. The number of pyridine rings is 1. The van der Waals surface area contributed by atoms with Crippen LogP contribution in [-0.4, -0.2) is 60.0 Å². The van der Waals surface area contributed by atoms with Gasteiger partial charge in [-0.1, -0.05) is 30.4 Å². The number of aromatic amines is 1. The highest BCUT2D eigenvalue weighted by Gasteiger charge is 2.22. The first-order valence-corrected chi connectivity index (χ1v) is 8.52. The number of para-hydroxylation sites is 1. The van der Waals surface area contributed by atoms with Crippen LogP contribution >= 0.6 is 12.2 Å². The minimum absolute atomic E-state index is 0.0111. The van der Waals surface area contributed by atoms with Crippen LogP contribution in [0.1, 0.15) is 10.4 Å². The molecule has 24 heavy (non-hydrogen) atoms. The van der Waals surface area contributed by atoms with Crippen molar-refractivity contribution in [3.63, 3.8) is 0 Å². The lowest BCUT2D eigenvalue weighted by Crippen LogP contribution is -2.49. The van der Waals surface area contributed by atoms with Crippen LogP contribution in [0.2, 0.25) is 0 Å². The molecule has 0 aliphatic carbocycles. The topological polar surface area (TPSA) is 48.6 Å². The molecule has 1 fully saturated rings. The molecule has 0 spiro atoms. The van der Waals surface area contributed by atoms with E-state index in [0.29, 0.717) is 29.9 Å². The Balaban J connectivity index is 1.45. The number of carbonyl (C=O) groups is 1. The second-order valence-corrected chi connectivity index (χ2v) is 6.12. The minimum atomic E-state index is 0.0111. The predicted octanol–water partition coefficient (Wildman–Crippen LogP) is 2.58. The monoisotopic (exact) mass is 343 g/mol. The van der Waals surface area contributed by atoms with Crippen LogP contribution in [-0.2, 0) is 0 Å². The summed E-state index contributed by atoms with van der Waals surface area (Å²) in [5, 5.41) is 0. The van der Waals surface area contributed by atoms with E-state index in [1.807, 2.05) is 35.2 Å². The van der Waals surface area contributed by atoms with Crippen LogP contribution < -0.4 is 4.74 Å². The standard InChI is InChI=1S/C18H21N3O2S/c22-18(16-7-4-8-19-17(16)24)21-11-9-20(10-12-21)13-14-23-15-5-2-1-3-6-15/h1-8H,9-14H2,(H,19,24). The summed E-state index contributed by atoms with van der Waals surface area (Å²) >= 11 is 5.19. The van der Waals surface area contributed by atoms with Crippen molar-refractivity contribution in [2.75, 3.05) is 39.3 Å². The summed E-state index contributed by atoms with van der Waals surface area (Å²) in [5.74, 6) is 0.904. The van der Waals surface area contributed by atoms with Crippen molar-refractivity contribution < 1.29 is 9.53 Å². The highest BCUT2D eigenvalue weighted by Crippen LogP contribution is 2.11. The van der Waals surface area contributed by atoms with Gasteiger partial charge >= 0.3 is 0 Å². The number of rotatable bonds is 5. The van der Waals surface area contributed by atoms with Gasteiger partial charge in [0.05, 0.1) is 5.56 Å². The molecule has 3 rings (SSSR count). The lowest BCUT2D eigenvalue weighted by molar-refractivity contribution is 0.0619. The lowest BCUT2D eigenvalue weighted by atomic mass is 10.2. The number of amides is 1. The van der Waals surface area contributed by atoms with Crippen LogP contribution in [0.15, 0.2) is 48.7 Å². The van der Waals surface area contributed by atoms with Crippen LogP contribution in [0.4, 0.5) is 0 Å². The molecule has 5 nitrogen and oxygen atoms in total.